The standard InChI is InChI=1S/C13H20N4O3S/c1-21(19,20)16-12-4-2-10(3-5-12)15-11-6-8-17(9-7-11)13(14)18/h2-5,11,15-16H,6-9H2,1H3,(H2,14,18). The van der Waals surface area contributed by atoms with Crippen molar-refractivity contribution < 1.29 is 13.2 Å². The van der Waals surface area contributed by atoms with Crippen molar-refractivity contribution in [3.8, 4) is 0 Å². The average Bonchev–Trinajstić information content (AvgIpc) is 2.40. The van der Waals surface area contributed by atoms with Gasteiger partial charge >= 0.3 is 6.03 Å². The van der Waals surface area contributed by atoms with E-state index in [4.69, 9.17) is 5.73 Å². The summed E-state index contributed by atoms with van der Waals surface area (Å²) < 4.78 is 24.7. The molecule has 1 fully saturated rings. The average molecular weight is 312 g/mol. The Morgan fingerprint density at radius 1 is 1.19 bits per heavy atom. The third-order valence-corrected chi connectivity index (χ3v) is 3.97. The van der Waals surface area contributed by atoms with Gasteiger partial charge in [0.2, 0.25) is 10.0 Å². The normalized spacial score (nSPS) is 16.5. The highest BCUT2D eigenvalue weighted by Gasteiger charge is 2.20. The molecule has 7 nitrogen and oxygen atoms in total. The minimum atomic E-state index is -3.25. The van der Waals surface area contributed by atoms with Gasteiger partial charge in [-0.25, -0.2) is 13.2 Å². The maximum atomic E-state index is 11.1. The van der Waals surface area contributed by atoms with Crippen molar-refractivity contribution in [1.82, 2.24) is 4.90 Å². The molecule has 0 aromatic heterocycles. The smallest absolute Gasteiger partial charge is 0.314 e. The van der Waals surface area contributed by atoms with Crippen molar-refractivity contribution in [3.63, 3.8) is 0 Å². The number of anilines is 2. The van der Waals surface area contributed by atoms with E-state index in [0.717, 1.165) is 24.8 Å². The first kappa shape index (κ1) is 15.4. The zero-order chi connectivity index (χ0) is 15.5. The molecule has 2 rings (SSSR count). The van der Waals surface area contributed by atoms with Gasteiger partial charge in [-0.3, -0.25) is 4.72 Å². The van der Waals surface area contributed by atoms with Crippen molar-refractivity contribution in [2.45, 2.75) is 18.9 Å². The zero-order valence-corrected chi connectivity index (χ0v) is 12.7. The van der Waals surface area contributed by atoms with Gasteiger partial charge in [-0.1, -0.05) is 0 Å². The van der Waals surface area contributed by atoms with Crippen LogP contribution in [0.3, 0.4) is 0 Å². The molecule has 0 unspecified atom stereocenters. The molecule has 1 aliphatic rings. The first-order valence-electron chi connectivity index (χ1n) is 6.72. The van der Waals surface area contributed by atoms with Gasteiger partial charge in [0, 0.05) is 30.5 Å². The monoisotopic (exact) mass is 312 g/mol. The van der Waals surface area contributed by atoms with Crippen LogP contribution in [-0.4, -0.2) is 44.7 Å². The topological polar surface area (TPSA) is 105 Å². The molecule has 4 N–H and O–H groups in total. The fourth-order valence-corrected chi connectivity index (χ4v) is 2.89. The lowest BCUT2D eigenvalue weighted by Crippen LogP contribution is -2.44. The summed E-state index contributed by atoms with van der Waals surface area (Å²) in [5.74, 6) is 0. The zero-order valence-electron chi connectivity index (χ0n) is 11.9. The van der Waals surface area contributed by atoms with Gasteiger partial charge in [0.1, 0.15) is 0 Å². The highest BCUT2D eigenvalue weighted by atomic mass is 32.2. The van der Waals surface area contributed by atoms with E-state index in [0.29, 0.717) is 18.8 Å². The van der Waals surface area contributed by atoms with Crippen molar-refractivity contribution in [2.75, 3.05) is 29.4 Å². The number of piperidine rings is 1. The maximum Gasteiger partial charge on any atom is 0.314 e. The molecular weight excluding hydrogens is 292 g/mol. The molecule has 1 aliphatic heterocycles. The first-order chi connectivity index (χ1) is 9.83. The molecule has 1 aromatic rings. The Bertz CT molecular complexity index is 592. The van der Waals surface area contributed by atoms with Gasteiger partial charge in [0.15, 0.2) is 0 Å². The SMILES string of the molecule is CS(=O)(=O)Nc1ccc(NC2CCN(C(N)=O)CC2)cc1. The number of carbonyl (C=O) groups excluding carboxylic acids is 1. The van der Waals surface area contributed by atoms with Gasteiger partial charge in [-0.2, -0.15) is 0 Å². The molecule has 8 heteroatoms. The molecule has 0 bridgehead atoms. The van der Waals surface area contributed by atoms with Gasteiger partial charge in [0.05, 0.1) is 6.26 Å². The van der Waals surface area contributed by atoms with Gasteiger partial charge in [-0.05, 0) is 37.1 Å². The third-order valence-electron chi connectivity index (χ3n) is 3.37. The van der Waals surface area contributed by atoms with Gasteiger partial charge in [-0.15, -0.1) is 0 Å². The minimum absolute atomic E-state index is 0.286. The lowest BCUT2D eigenvalue weighted by molar-refractivity contribution is 0.193. The Kier molecular flexibility index (Phi) is 4.56. The van der Waals surface area contributed by atoms with E-state index in [1.807, 2.05) is 12.1 Å². The number of carbonyl (C=O) groups is 1. The van der Waals surface area contributed by atoms with Crippen LogP contribution < -0.4 is 15.8 Å². The highest BCUT2D eigenvalue weighted by Crippen LogP contribution is 2.19. The highest BCUT2D eigenvalue weighted by molar-refractivity contribution is 7.92. The van der Waals surface area contributed by atoms with E-state index in [1.54, 1.807) is 17.0 Å². The number of hydrogen-bond acceptors (Lipinski definition) is 4. The van der Waals surface area contributed by atoms with Crippen molar-refractivity contribution >= 4 is 27.4 Å². The fourth-order valence-electron chi connectivity index (χ4n) is 2.33. The minimum Gasteiger partial charge on any atom is -0.382 e. The molecule has 21 heavy (non-hydrogen) atoms. The number of sulfonamides is 1. The molecule has 0 aliphatic carbocycles. The van der Waals surface area contributed by atoms with Crippen LogP contribution in [0.5, 0.6) is 0 Å². The summed E-state index contributed by atoms with van der Waals surface area (Å²) in [4.78, 5) is 12.7. The van der Waals surface area contributed by atoms with E-state index >= 15 is 0 Å². The quantitative estimate of drug-likeness (QED) is 0.771. The summed E-state index contributed by atoms with van der Waals surface area (Å²) >= 11 is 0. The van der Waals surface area contributed by atoms with E-state index in [2.05, 4.69) is 10.0 Å². The van der Waals surface area contributed by atoms with E-state index in [1.165, 1.54) is 0 Å². The van der Waals surface area contributed by atoms with Crippen LogP contribution in [0.2, 0.25) is 0 Å². The van der Waals surface area contributed by atoms with Gasteiger partial charge < -0.3 is 16.0 Å². The van der Waals surface area contributed by atoms with Crippen LogP contribution in [0.25, 0.3) is 0 Å². The number of rotatable bonds is 4. The molecule has 1 aromatic carbocycles. The van der Waals surface area contributed by atoms with E-state index < -0.39 is 10.0 Å². The summed E-state index contributed by atoms with van der Waals surface area (Å²) in [5.41, 5.74) is 6.70. The Morgan fingerprint density at radius 3 is 2.19 bits per heavy atom. The number of urea groups is 1. The molecular formula is C13H20N4O3S. The summed E-state index contributed by atoms with van der Waals surface area (Å²) in [6.45, 7) is 1.31. The molecule has 0 radical (unpaired) electrons. The number of primary amides is 1. The number of nitrogens with zero attached hydrogens (tertiary/aromatic N) is 1. The number of likely N-dealkylation sites (tertiary alicyclic amines) is 1. The van der Waals surface area contributed by atoms with Crippen LogP contribution in [0.4, 0.5) is 16.2 Å². The van der Waals surface area contributed by atoms with Crippen LogP contribution in [0.15, 0.2) is 24.3 Å². The predicted octanol–water partition coefficient (Wildman–Crippen LogP) is 1.01. The predicted molar refractivity (Wildman–Crippen MR) is 82.7 cm³/mol. The van der Waals surface area contributed by atoms with Crippen LogP contribution in [0.1, 0.15) is 12.8 Å². The van der Waals surface area contributed by atoms with Crippen LogP contribution in [0, 0.1) is 0 Å². The first-order valence-corrected chi connectivity index (χ1v) is 8.61. The molecule has 116 valence electrons. The molecule has 0 spiro atoms. The Balaban J connectivity index is 1.88. The lowest BCUT2D eigenvalue weighted by atomic mass is 10.0. The molecule has 0 saturated carbocycles. The largest absolute Gasteiger partial charge is 0.382 e. The summed E-state index contributed by atoms with van der Waals surface area (Å²) in [7, 11) is -3.25. The maximum absolute atomic E-state index is 11.1. The summed E-state index contributed by atoms with van der Waals surface area (Å²) in [5, 5.41) is 3.37. The van der Waals surface area contributed by atoms with Crippen molar-refractivity contribution in [1.29, 1.82) is 0 Å². The van der Waals surface area contributed by atoms with E-state index in [9.17, 15) is 13.2 Å². The number of benzene rings is 1. The molecule has 2 amide bonds. The number of nitrogens with one attached hydrogen (secondary N) is 2. The number of hydrogen-bond donors (Lipinski definition) is 3. The molecule has 1 heterocycles. The second kappa shape index (κ2) is 6.21. The van der Waals surface area contributed by atoms with Crippen molar-refractivity contribution in [3.05, 3.63) is 24.3 Å². The second-order valence-corrected chi connectivity index (χ2v) is 6.94. The van der Waals surface area contributed by atoms with Crippen LogP contribution >= 0.6 is 0 Å². The molecule has 1 saturated heterocycles. The Labute approximate surface area is 124 Å². The van der Waals surface area contributed by atoms with E-state index in [-0.39, 0.29) is 12.1 Å². The fraction of sp³-hybridized carbons (Fsp3) is 0.462. The number of amides is 2. The second-order valence-electron chi connectivity index (χ2n) is 5.20. The summed E-state index contributed by atoms with van der Waals surface area (Å²) in [6, 6.07) is 6.99. The Morgan fingerprint density at radius 2 is 1.71 bits per heavy atom. The third kappa shape index (κ3) is 4.82. The molecule has 0 atom stereocenters. The lowest BCUT2D eigenvalue weighted by Gasteiger charge is -2.31. The summed E-state index contributed by atoms with van der Waals surface area (Å²) in [6.07, 6.45) is 2.80. The van der Waals surface area contributed by atoms with Crippen LogP contribution in [-0.2, 0) is 10.0 Å². The number of nitrogens with two attached hydrogens (primary N) is 1. The van der Waals surface area contributed by atoms with Crippen molar-refractivity contribution in [2.24, 2.45) is 5.73 Å². The van der Waals surface area contributed by atoms with Gasteiger partial charge in [0.25, 0.3) is 0 Å². The Hall–Kier alpha value is -1.96.